The van der Waals surface area contributed by atoms with E-state index in [1.165, 1.54) is 6.07 Å². The molecule has 0 saturated carbocycles. The van der Waals surface area contributed by atoms with Gasteiger partial charge >= 0.3 is 11.6 Å². The van der Waals surface area contributed by atoms with Crippen LogP contribution < -0.4 is 10.4 Å². The van der Waals surface area contributed by atoms with E-state index < -0.39 is 11.6 Å². The highest BCUT2D eigenvalue weighted by Gasteiger charge is 2.19. The molecule has 0 unspecified atom stereocenters. The summed E-state index contributed by atoms with van der Waals surface area (Å²) in [6, 6.07) is 8.86. The molecule has 25 heavy (non-hydrogen) atoms. The smallest absolute Gasteiger partial charge is 0.351 e. The molecular formula is C19H14Br2O4. The van der Waals surface area contributed by atoms with Crippen molar-refractivity contribution in [1.82, 2.24) is 0 Å². The van der Waals surface area contributed by atoms with Crippen LogP contribution in [0.15, 0.2) is 48.5 Å². The number of esters is 1. The van der Waals surface area contributed by atoms with Gasteiger partial charge in [0.1, 0.15) is 11.3 Å². The largest absolute Gasteiger partial charge is 0.422 e. The molecule has 4 nitrogen and oxygen atoms in total. The fraction of sp³-hybridized carbons (Fsp3) is 0.158. The molecule has 128 valence electrons. The Hall–Kier alpha value is -1.92. The SMILES string of the molecule is Cc1ccc(C)c(OC(=O)c2cc3cc(Br)cc(Br)c3oc2=O)c1C. The van der Waals surface area contributed by atoms with Gasteiger partial charge in [0.25, 0.3) is 0 Å². The lowest BCUT2D eigenvalue weighted by atomic mass is 10.1. The van der Waals surface area contributed by atoms with E-state index in [-0.39, 0.29) is 5.56 Å². The zero-order chi connectivity index (χ0) is 18.3. The summed E-state index contributed by atoms with van der Waals surface area (Å²) in [5.41, 5.74) is 2.21. The topological polar surface area (TPSA) is 56.5 Å². The molecule has 1 aromatic heterocycles. The maximum absolute atomic E-state index is 12.6. The predicted molar refractivity (Wildman–Crippen MR) is 103 cm³/mol. The quantitative estimate of drug-likeness (QED) is 0.286. The second kappa shape index (κ2) is 6.77. The fourth-order valence-corrected chi connectivity index (χ4v) is 3.87. The third-order valence-corrected chi connectivity index (χ3v) is 5.09. The summed E-state index contributed by atoms with van der Waals surface area (Å²) in [5, 5.41) is 0.616. The van der Waals surface area contributed by atoms with Crippen molar-refractivity contribution in [3.8, 4) is 5.75 Å². The van der Waals surface area contributed by atoms with Gasteiger partial charge in [0, 0.05) is 9.86 Å². The summed E-state index contributed by atoms with van der Waals surface area (Å²) < 4.78 is 12.2. The summed E-state index contributed by atoms with van der Waals surface area (Å²) >= 11 is 6.72. The zero-order valence-corrected chi connectivity index (χ0v) is 16.9. The lowest BCUT2D eigenvalue weighted by molar-refractivity contribution is 0.0728. The summed E-state index contributed by atoms with van der Waals surface area (Å²) in [5.74, 6) is -0.261. The van der Waals surface area contributed by atoms with Gasteiger partial charge in [-0.3, -0.25) is 0 Å². The van der Waals surface area contributed by atoms with Crippen molar-refractivity contribution in [2.75, 3.05) is 0 Å². The molecule has 0 amide bonds. The number of hydrogen-bond donors (Lipinski definition) is 0. The molecule has 0 atom stereocenters. The summed E-state index contributed by atoms with van der Waals surface area (Å²) in [6.45, 7) is 5.67. The van der Waals surface area contributed by atoms with E-state index >= 15 is 0 Å². The van der Waals surface area contributed by atoms with Gasteiger partial charge in [-0.2, -0.15) is 0 Å². The number of ether oxygens (including phenoxy) is 1. The molecule has 0 fully saturated rings. The van der Waals surface area contributed by atoms with E-state index in [0.717, 1.165) is 21.2 Å². The van der Waals surface area contributed by atoms with Gasteiger partial charge in [-0.05, 0) is 71.6 Å². The first-order valence-electron chi connectivity index (χ1n) is 7.50. The Bertz CT molecular complexity index is 1070. The lowest BCUT2D eigenvalue weighted by Crippen LogP contribution is -2.19. The number of hydrogen-bond acceptors (Lipinski definition) is 4. The Labute approximate surface area is 161 Å². The summed E-state index contributed by atoms with van der Waals surface area (Å²) in [7, 11) is 0. The molecule has 0 bridgehead atoms. The zero-order valence-electron chi connectivity index (χ0n) is 13.8. The second-order valence-corrected chi connectivity index (χ2v) is 7.57. The van der Waals surface area contributed by atoms with Crippen molar-refractivity contribution in [2.24, 2.45) is 0 Å². The Morgan fingerprint density at radius 2 is 1.72 bits per heavy atom. The first-order chi connectivity index (χ1) is 11.8. The number of fused-ring (bicyclic) bond motifs is 1. The number of carbonyl (C=O) groups excluding carboxylic acids is 1. The maximum atomic E-state index is 12.6. The lowest BCUT2D eigenvalue weighted by Gasteiger charge is -2.12. The molecule has 3 aromatic rings. The van der Waals surface area contributed by atoms with Crippen molar-refractivity contribution >= 4 is 48.8 Å². The number of halogens is 2. The molecule has 0 aliphatic rings. The van der Waals surface area contributed by atoms with Crippen LogP contribution in [0.3, 0.4) is 0 Å². The van der Waals surface area contributed by atoms with Gasteiger partial charge in [0.05, 0.1) is 4.47 Å². The molecule has 3 rings (SSSR count). The third kappa shape index (κ3) is 3.41. The Kier molecular flexibility index (Phi) is 4.84. The normalized spacial score (nSPS) is 10.9. The third-order valence-electron chi connectivity index (χ3n) is 4.04. The molecule has 0 N–H and O–H groups in total. The first-order valence-corrected chi connectivity index (χ1v) is 9.08. The second-order valence-electron chi connectivity index (χ2n) is 5.80. The van der Waals surface area contributed by atoms with E-state index in [9.17, 15) is 9.59 Å². The highest BCUT2D eigenvalue weighted by molar-refractivity contribution is 9.11. The van der Waals surface area contributed by atoms with E-state index in [4.69, 9.17) is 9.15 Å². The minimum Gasteiger partial charge on any atom is -0.422 e. The molecule has 0 radical (unpaired) electrons. The van der Waals surface area contributed by atoms with Crippen molar-refractivity contribution in [2.45, 2.75) is 20.8 Å². The van der Waals surface area contributed by atoms with Crippen molar-refractivity contribution in [1.29, 1.82) is 0 Å². The van der Waals surface area contributed by atoms with Crippen LogP contribution in [0.5, 0.6) is 5.75 Å². The monoisotopic (exact) mass is 464 g/mol. The fourth-order valence-electron chi connectivity index (χ4n) is 2.53. The van der Waals surface area contributed by atoms with Crippen LogP contribution in [0.1, 0.15) is 27.0 Å². The number of rotatable bonds is 2. The Balaban J connectivity index is 2.08. The molecule has 0 aliphatic carbocycles. The standard InChI is InChI=1S/C19H14Br2O4/c1-9-4-5-10(2)16(11(9)3)24-18(22)14-7-12-6-13(20)8-15(21)17(12)25-19(14)23/h4-8H,1-3H3. The van der Waals surface area contributed by atoms with Crippen molar-refractivity contribution in [3.05, 3.63) is 72.0 Å². The summed E-state index contributed by atoms with van der Waals surface area (Å²) in [6.07, 6.45) is 0. The average molecular weight is 466 g/mol. The molecule has 1 heterocycles. The van der Waals surface area contributed by atoms with Crippen LogP contribution in [0, 0.1) is 20.8 Å². The van der Waals surface area contributed by atoms with E-state index in [1.54, 1.807) is 12.1 Å². The molecule has 0 saturated heterocycles. The average Bonchev–Trinajstić information content (AvgIpc) is 2.55. The molecule has 6 heteroatoms. The maximum Gasteiger partial charge on any atom is 0.351 e. The molecular weight excluding hydrogens is 452 g/mol. The minimum atomic E-state index is -0.733. The van der Waals surface area contributed by atoms with Crippen LogP contribution in [0.4, 0.5) is 0 Å². The highest BCUT2D eigenvalue weighted by atomic mass is 79.9. The van der Waals surface area contributed by atoms with Crippen LogP contribution in [0.25, 0.3) is 11.0 Å². The Morgan fingerprint density at radius 1 is 1.04 bits per heavy atom. The van der Waals surface area contributed by atoms with Crippen LogP contribution in [-0.4, -0.2) is 5.97 Å². The van der Waals surface area contributed by atoms with Gasteiger partial charge in [-0.25, -0.2) is 9.59 Å². The highest BCUT2D eigenvalue weighted by Crippen LogP contribution is 2.29. The number of benzene rings is 2. The molecule has 0 aliphatic heterocycles. The van der Waals surface area contributed by atoms with Crippen LogP contribution in [0.2, 0.25) is 0 Å². The minimum absolute atomic E-state index is 0.141. The van der Waals surface area contributed by atoms with Crippen LogP contribution in [-0.2, 0) is 0 Å². The van der Waals surface area contributed by atoms with Crippen molar-refractivity contribution < 1.29 is 13.9 Å². The number of carbonyl (C=O) groups is 1. The number of aryl methyl sites for hydroxylation is 2. The van der Waals surface area contributed by atoms with E-state index in [1.807, 2.05) is 32.9 Å². The van der Waals surface area contributed by atoms with E-state index in [0.29, 0.717) is 21.2 Å². The predicted octanol–water partition coefficient (Wildman–Crippen LogP) is 5.46. The summed E-state index contributed by atoms with van der Waals surface area (Å²) in [4.78, 5) is 24.8. The Morgan fingerprint density at radius 3 is 2.44 bits per heavy atom. The van der Waals surface area contributed by atoms with Gasteiger partial charge in [-0.15, -0.1) is 0 Å². The van der Waals surface area contributed by atoms with Gasteiger partial charge in [0.2, 0.25) is 0 Å². The van der Waals surface area contributed by atoms with Gasteiger partial charge in [-0.1, -0.05) is 28.1 Å². The molecule has 0 spiro atoms. The van der Waals surface area contributed by atoms with Gasteiger partial charge in [0.15, 0.2) is 5.58 Å². The van der Waals surface area contributed by atoms with Crippen molar-refractivity contribution in [3.63, 3.8) is 0 Å². The molecule has 2 aromatic carbocycles. The first kappa shape index (κ1) is 17.9. The van der Waals surface area contributed by atoms with Gasteiger partial charge < -0.3 is 9.15 Å². The van der Waals surface area contributed by atoms with Crippen LogP contribution >= 0.6 is 31.9 Å². The van der Waals surface area contributed by atoms with E-state index in [2.05, 4.69) is 31.9 Å².